The molecule has 2 aliphatic rings. The van der Waals surface area contributed by atoms with E-state index in [1.54, 1.807) is 12.1 Å². The molecule has 29 heavy (non-hydrogen) atoms. The standard InChI is InChI=1S/C22H22N2O4S/c1-14-7-10-17(11-8-14)29-19-12-9-16(28-19)13-18-20(25)23-22(27)24(21(18)26)15-5-3-2-4-6-15/h7-13,15H,2-6H2,1H3,(H,23,25,27). The summed E-state index contributed by atoms with van der Waals surface area (Å²) in [7, 11) is 0. The molecule has 0 bridgehead atoms. The number of aryl methyl sites for hydroxylation is 1. The average molecular weight is 410 g/mol. The maximum atomic E-state index is 12.9. The van der Waals surface area contributed by atoms with Crippen molar-refractivity contribution >= 4 is 35.7 Å². The van der Waals surface area contributed by atoms with Gasteiger partial charge in [0, 0.05) is 10.9 Å². The second-order valence-corrected chi connectivity index (χ2v) is 8.43. The zero-order valence-electron chi connectivity index (χ0n) is 16.1. The number of carbonyl (C=O) groups is 3. The molecule has 2 fully saturated rings. The molecule has 1 aromatic heterocycles. The number of hydrogen-bond acceptors (Lipinski definition) is 5. The summed E-state index contributed by atoms with van der Waals surface area (Å²) in [5.41, 5.74) is 1.11. The summed E-state index contributed by atoms with van der Waals surface area (Å²) in [6, 6.07) is 10.8. The maximum absolute atomic E-state index is 12.9. The van der Waals surface area contributed by atoms with Gasteiger partial charge in [0.25, 0.3) is 11.8 Å². The Morgan fingerprint density at radius 2 is 1.76 bits per heavy atom. The highest BCUT2D eigenvalue weighted by Gasteiger charge is 2.40. The van der Waals surface area contributed by atoms with Crippen LogP contribution >= 0.6 is 11.8 Å². The number of furan rings is 1. The molecule has 0 spiro atoms. The lowest BCUT2D eigenvalue weighted by Crippen LogP contribution is -2.58. The Bertz CT molecular complexity index is 971. The molecule has 1 saturated heterocycles. The van der Waals surface area contributed by atoms with Gasteiger partial charge in [-0.2, -0.15) is 0 Å². The number of benzene rings is 1. The molecule has 1 N–H and O–H groups in total. The Morgan fingerprint density at radius 3 is 2.48 bits per heavy atom. The molecular weight excluding hydrogens is 388 g/mol. The fraction of sp³-hybridized carbons (Fsp3) is 0.318. The number of urea groups is 1. The number of imide groups is 2. The number of rotatable bonds is 4. The highest BCUT2D eigenvalue weighted by molar-refractivity contribution is 7.99. The van der Waals surface area contributed by atoms with E-state index in [0.717, 1.165) is 37.0 Å². The maximum Gasteiger partial charge on any atom is 0.331 e. The van der Waals surface area contributed by atoms with Gasteiger partial charge in [-0.05, 0) is 50.1 Å². The van der Waals surface area contributed by atoms with Crippen LogP contribution in [-0.2, 0) is 9.59 Å². The van der Waals surface area contributed by atoms with E-state index in [9.17, 15) is 14.4 Å². The number of nitrogens with zero attached hydrogens (tertiary/aromatic N) is 1. The molecule has 6 nitrogen and oxygen atoms in total. The fourth-order valence-corrected chi connectivity index (χ4v) is 4.45. The summed E-state index contributed by atoms with van der Waals surface area (Å²) in [5, 5.41) is 2.95. The first-order valence-electron chi connectivity index (χ1n) is 9.76. The first kappa shape index (κ1) is 19.5. The molecular formula is C22H22N2O4S. The summed E-state index contributed by atoms with van der Waals surface area (Å²) in [5.74, 6) is -0.831. The zero-order chi connectivity index (χ0) is 20.4. The SMILES string of the molecule is Cc1ccc(Sc2ccc(C=C3C(=O)NC(=O)N(C4CCCCC4)C3=O)o2)cc1. The van der Waals surface area contributed by atoms with E-state index in [2.05, 4.69) is 5.32 Å². The van der Waals surface area contributed by atoms with Crippen molar-refractivity contribution in [3.05, 3.63) is 53.3 Å². The summed E-state index contributed by atoms with van der Waals surface area (Å²) < 4.78 is 5.78. The topological polar surface area (TPSA) is 79.6 Å². The van der Waals surface area contributed by atoms with Crippen LogP contribution in [-0.4, -0.2) is 28.8 Å². The molecule has 4 amide bonds. The van der Waals surface area contributed by atoms with Gasteiger partial charge in [0.15, 0.2) is 5.09 Å². The highest BCUT2D eigenvalue weighted by atomic mass is 32.2. The molecule has 0 radical (unpaired) electrons. The lowest BCUT2D eigenvalue weighted by atomic mass is 9.93. The van der Waals surface area contributed by atoms with Crippen LogP contribution in [0.1, 0.15) is 43.4 Å². The first-order valence-corrected chi connectivity index (χ1v) is 10.6. The highest BCUT2D eigenvalue weighted by Crippen LogP contribution is 2.31. The van der Waals surface area contributed by atoms with Crippen LogP contribution in [0.2, 0.25) is 0 Å². The van der Waals surface area contributed by atoms with Gasteiger partial charge in [-0.25, -0.2) is 4.79 Å². The van der Waals surface area contributed by atoms with E-state index in [1.807, 2.05) is 31.2 Å². The minimum Gasteiger partial charge on any atom is -0.450 e. The van der Waals surface area contributed by atoms with Crippen molar-refractivity contribution < 1.29 is 18.8 Å². The predicted molar refractivity (Wildman–Crippen MR) is 109 cm³/mol. The monoisotopic (exact) mass is 410 g/mol. The number of barbiturate groups is 1. The van der Waals surface area contributed by atoms with Gasteiger partial charge < -0.3 is 4.42 Å². The Labute approximate surface area is 173 Å². The van der Waals surface area contributed by atoms with E-state index >= 15 is 0 Å². The lowest BCUT2D eigenvalue weighted by molar-refractivity contribution is -0.132. The lowest BCUT2D eigenvalue weighted by Gasteiger charge is -2.35. The quantitative estimate of drug-likeness (QED) is 0.592. The van der Waals surface area contributed by atoms with Gasteiger partial charge in [0.05, 0.1) is 0 Å². The molecule has 4 rings (SSSR count). The van der Waals surface area contributed by atoms with Crippen molar-refractivity contribution in [2.75, 3.05) is 0 Å². The van der Waals surface area contributed by atoms with Crippen molar-refractivity contribution in [1.82, 2.24) is 10.2 Å². The molecule has 0 atom stereocenters. The third-order valence-electron chi connectivity index (χ3n) is 5.20. The minimum absolute atomic E-state index is 0.0728. The van der Waals surface area contributed by atoms with Gasteiger partial charge in [-0.3, -0.25) is 19.8 Å². The molecule has 2 aromatic rings. The summed E-state index contributed by atoms with van der Waals surface area (Å²) in [6.07, 6.45) is 6.03. The molecule has 150 valence electrons. The zero-order valence-corrected chi connectivity index (χ0v) is 17.0. The number of carbonyl (C=O) groups excluding carboxylic acids is 3. The third kappa shape index (κ3) is 4.29. The van der Waals surface area contributed by atoms with Gasteiger partial charge in [-0.1, -0.05) is 48.7 Å². The molecule has 1 aliphatic carbocycles. The Hall–Kier alpha value is -2.80. The third-order valence-corrected chi connectivity index (χ3v) is 6.13. The molecule has 1 saturated carbocycles. The smallest absolute Gasteiger partial charge is 0.331 e. The van der Waals surface area contributed by atoms with Crippen LogP contribution in [0.4, 0.5) is 4.79 Å². The second-order valence-electron chi connectivity index (χ2n) is 7.36. The van der Waals surface area contributed by atoms with E-state index in [-0.39, 0.29) is 11.6 Å². The number of nitrogens with one attached hydrogen (secondary N) is 1. The van der Waals surface area contributed by atoms with Crippen LogP contribution < -0.4 is 5.32 Å². The van der Waals surface area contributed by atoms with Crippen molar-refractivity contribution in [1.29, 1.82) is 0 Å². The van der Waals surface area contributed by atoms with E-state index < -0.39 is 17.8 Å². The van der Waals surface area contributed by atoms with Gasteiger partial charge in [0.2, 0.25) is 0 Å². The largest absolute Gasteiger partial charge is 0.450 e. The molecule has 1 aliphatic heterocycles. The van der Waals surface area contributed by atoms with Gasteiger partial charge in [-0.15, -0.1) is 0 Å². The van der Waals surface area contributed by atoms with Crippen molar-refractivity contribution in [3.63, 3.8) is 0 Å². The van der Waals surface area contributed by atoms with E-state index in [0.29, 0.717) is 10.9 Å². The predicted octanol–water partition coefficient (Wildman–Crippen LogP) is 4.53. The van der Waals surface area contributed by atoms with Crippen LogP contribution in [0, 0.1) is 6.92 Å². The van der Waals surface area contributed by atoms with Crippen molar-refractivity contribution in [2.45, 2.75) is 55.1 Å². The van der Waals surface area contributed by atoms with Crippen LogP contribution in [0.25, 0.3) is 6.08 Å². The number of amides is 4. The van der Waals surface area contributed by atoms with Crippen molar-refractivity contribution in [3.8, 4) is 0 Å². The van der Waals surface area contributed by atoms with Crippen molar-refractivity contribution in [2.24, 2.45) is 0 Å². The first-order chi connectivity index (χ1) is 14.0. The van der Waals surface area contributed by atoms with E-state index in [1.165, 1.54) is 28.3 Å². The van der Waals surface area contributed by atoms with Gasteiger partial charge in [0.1, 0.15) is 11.3 Å². The Kier molecular flexibility index (Phi) is 5.58. The van der Waals surface area contributed by atoms with Gasteiger partial charge >= 0.3 is 6.03 Å². The molecule has 7 heteroatoms. The van der Waals surface area contributed by atoms with E-state index in [4.69, 9.17) is 4.42 Å². The molecule has 0 unspecified atom stereocenters. The Morgan fingerprint density at radius 1 is 1.03 bits per heavy atom. The van der Waals surface area contributed by atoms with Crippen LogP contribution in [0.3, 0.4) is 0 Å². The average Bonchev–Trinajstić information content (AvgIpc) is 3.15. The summed E-state index contributed by atoms with van der Waals surface area (Å²) in [4.78, 5) is 39.7. The Balaban J connectivity index is 1.54. The molecule has 1 aromatic carbocycles. The molecule has 2 heterocycles. The normalized spacial score (nSPS) is 19.7. The van der Waals surface area contributed by atoms with Crippen LogP contribution in [0.5, 0.6) is 0 Å². The fourth-order valence-electron chi connectivity index (χ4n) is 3.67. The minimum atomic E-state index is -0.684. The summed E-state index contributed by atoms with van der Waals surface area (Å²) in [6.45, 7) is 2.03. The van der Waals surface area contributed by atoms with Crippen LogP contribution in [0.15, 0.2) is 56.4 Å². The second kappa shape index (κ2) is 8.29. The number of hydrogen-bond donors (Lipinski definition) is 1. The summed E-state index contributed by atoms with van der Waals surface area (Å²) >= 11 is 1.46.